The molecular formula is C16H29N5O6. The highest BCUT2D eigenvalue weighted by atomic mass is 16.4. The molecule has 8 N–H and O–H groups in total. The summed E-state index contributed by atoms with van der Waals surface area (Å²) in [6.07, 6.45) is 0.227. The fourth-order valence-electron chi connectivity index (χ4n) is 2.05. The molecule has 0 saturated carbocycles. The molecule has 0 heterocycles. The molecule has 11 nitrogen and oxygen atoms in total. The summed E-state index contributed by atoms with van der Waals surface area (Å²) in [5, 5.41) is 16.1. The third-order valence-corrected chi connectivity index (χ3v) is 3.94. The molecule has 0 rings (SSSR count). The van der Waals surface area contributed by atoms with E-state index >= 15 is 0 Å². The molecule has 4 amide bonds. The van der Waals surface area contributed by atoms with Crippen LogP contribution in [0.5, 0.6) is 0 Å². The zero-order valence-electron chi connectivity index (χ0n) is 15.8. The average Bonchev–Trinajstić information content (AvgIpc) is 2.59. The number of hydrogen-bond acceptors (Lipinski definition) is 6. The Morgan fingerprint density at radius 2 is 1.63 bits per heavy atom. The molecule has 0 aliphatic rings. The van der Waals surface area contributed by atoms with Crippen molar-refractivity contribution >= 4 is 29.6 Å². The van der Waals surface area contributed by atoms with E-state index in [-0.39, 0.29) is 18.8 Å². The predicted octanol–water partition coefficient (Wildman–Crippen LogP) is -2.18. The first kappa shape index (κ1) is 24.3. The second-order valence-corrected chi connectivity index (χ2v) is 6.34. The second-order valence-electron chi connectivity index (χ2n) is 6.34. The summed E-state index contributed by atoms with van der Waals surface area (Å²) >= 11 is 0. The van der Waals surface area contributed by atoms with Crippen molar-refractivity contribution in [2.24, 2.45) is 17.4 Å². The molecular weight excluding hydrogens is 358 g/mol. The van der Waals surface area contributed by atoms with Crippen LogP contribution in [-0.2, 0) is 24.0 Å². The van der Waals surface area contributed by atoms with Gasteiger partial charge in [-0.2, -0.15) is 0 Å². The number of nitrogens with one attached hydrogen (secondary N) is 3. The molecule has 0 spiro atoms. The summed E-state index contributed by atoms with van der Waals surface area (Å²) in [4.78, 5) is 57.8. The zero-order chi connectivity index (χ0) is 21.1. The number of carboxylic acids is 1. The first-order valence-electron chi connectivity index (χ1n) is 8.63. The number of carbonyl (C=O) groups excluding carboxylic acids is 4. The Kier molecular flexibility index (Phi) is 10.7. The van der Waals surface area contributed by atoms with Gasteiger partial charge < -0.3 is 32.5 Å². The third kappa shape index (κ3) is 9.54. The van der Waals surface area contributed by atoms with Gasteiger partial charge in [0.05, 0.1) is 12.6 Å². The van der Waals surface area contributed by atoms with Crippen LogP contribution in [0.4, 0.5) is 0 Å². The van der Waals surface area contributed by atoms with Crippen molar-refractivity contribution in [3.05, 3.63) is 0 Å². The van der Waals surface area contributed by atoms with Gasteiger partial charge in [0, 0.05) is 6.42 Å². The average molecular weight is 387 g/mol. The van der Waals surface area contributed by atoms with Crippen LogP contribution in [0.1, 0.15) is 40.0 Å². The van der Waals surface area contributed by atoms with Crippen LogP contribution >= 0.6 is 0 Å². The minimum absolute atomic E-state index is 0.162. The summed E-state index contributed by atoms with van der Waals surface area (Å²) in [6, 6.07) is -2.98. The van der Waals surface area contributed by atoms with Crippen LogP contribution in [0, 0.1) is 5.92 Å². The lowest BCUT2D eigenvalue weighted by Gasteiger charge is -2.24. The van der Waals surface area contributed by atoms with Gasteiger partial charge in [0.2, 0.25) is 23.6 Å². The van der Waals surface area contributed by atoms with Crippen LogP contribution in [0.3, 0.4) is 0 Å². The summed E-state index contributed by atoms with van der Waals surface area (Å²) in [5.74, 6) is -4.06. The molecule has 0 aliphatic carbocycles. The van der Waals surface area contributed by atoms with E-state index in [1.807, 2.05) is 6.92 Å². The van der Waals surface area contributed by atoms with Crippen LogP contribution in [0.2, 0.25) is 0 Å². The van der Waals surface area contributed by atoms with E-state index in [0.29, 0.717) is 6.42 Å². The number of amides is 4. The van der Waals surface area contributed by atoms with E-state index in [9.17, 15) is 24.0 Å². The number of hydrogen-bond donors (Lipinski definition) is 6. The van der Waals surface area contributed by atoms with Crippen molar-refractivity contribution in [2.75, 3.05) is 6.54 Å². The zero-order valence-corrected chi connectivity index (χ0v) is 15.8. The molecule has 0 bridgehead atoms. The third-order valence-electron chi connectivity index (χ3n) is 3.94. The topological polar surface area (TPSA) is 194 Å². The van der Waals surface area contributed by atoms with Crippen LogP contribution in [-0.4, -0.2) is 59.4 Å². The maximum Gasteiger partial charge on any atom is 0.326 e. The van der Waals surface area contributed by atoms with Crippen molar-refractivity contribution in [2.45, 2.75) is 58.2 Å². The van der Waals surface area contributed by atoms with E-state index in [1.165, 1.54) is 6.92 Å². The van der Waals surface area contributed by atoms with E-state index in [1.54, 1.807) is 6.92 Å². The summed E-state index contributed by atoms with van der Waals surface area (Å²) < 4.78 is 0. The van der Waals surface area contributed by atoms with Crippen molar-refractivity contribution in [1.82, 2.24) is 16.0 Å². The number of carbonyl (C=O) groups is 5. The Labute approximate surface area is 157 Å². The Hall–Kier alpha value is -2.69. The van der Waals surface area contributed by atoms with Crippen molar-refractivity contribution < 1.29 is 29.1 Å². The molecule has 0 aromatic rings. The summed E-state index contributed by atoms with van der Waals surface area (Å²) in [6.45, 7) is 4.59. The number of rotatable bonds is 12. The maximum atomic E-state index is 12.3. The molecule has 0 radical (unpaired) electrons. The highest BCUT2D eigenvalue weighted by molar-refractivity contribution is 5.92. The molecule has 4 atom stereocenters. The normalized spacial score (nSPS) is 15.0. The van der Waals surface area contributed by atoms with Crippen LogP contribution < -0.4 is 27.4 Å². The minimum Gasteiger partial charge on any atom is -0.480 e. The summed E-state index contributed by atoms with van der Waals surface area (Å²) in [5.41, 5.74) is 10.4. The predicted molar refractivity (Wildman–Crippen MR) is 96.0 cm³/mol. The lowest BCUT2D eigenvalue weighted by Crippen LogP contribution is -2.55. The Morgan fingerprint density at radius 3 is 2.07 bits per heavy atom. The molecule has 154 valence electrons. The van der Waals surface area contributed by atoms with E-state index in [4.69, 9.17) is 16.6 Å². The molecule has 0 aromatic carbocycles. The van der Waals surface area contributed by atoms with Gasteiger partial charge in [0.25, 0.3) is 0 Å². The van der Waals surface area contributed by atoms with Gasteiger partial charge in [-0.1, -0.05) is 20.3 Å². The fraction of sp³-hybridized carbons (Fsp3) is 0.688. The van der Waals surface area contributed by atoms with E-state index in [0.717, 1.165) is 0 Å². The van der Waals surface area contributed by atoms with Gasteiger partial charge in [-0.05, 0) is 19.3 Å². The quantitative estimate of drug-likeness (QED) is 0.219. The lowest BCUT2D eigenvalue weighted by molar-refractivity contribution is -0.142. The van der Waals surface area contributed by atoms with E-state index in [2.05, 4.69) is 16.0 Å². The first-order valence-corrected chi connectivity index (χ1v) is 8.63. The van der Waals surface area contributed by atoms with Crippen molar-refractivity contribution in [3.63, 3.8) is 0 Å². The Morgan fingerprint density at radius 1 is 1.04 bits per heavy atom. The second kappa shape index (κ2) is 11.8. The highest BCUT2D eigenvalue weighted by Crippen LogP contribution is 2.08. The van der Waals surface area contributed by atoms with Gasteiger partial charge >= 0.3 is 5.97 Å². The van der Waals surface area contributed by atoms with Gasteiger partial charge in [0.1, 0.15) is 12.1 Å². The molecule has 0 fully saturated rings. The minimum atomic E-state index is -1.32. The van der Waals surface area contributed by atoms with Gasteiger partial charge in [-0.3, -0.25) is 19.2 Å². The lowest BCUT2D eigenvalue weighted by atomic mass is 9.98. The SMILES string of the molecule is CCC(C)C(NC(=O)C(C)N)C(=O)NCC(=O)NC(CCC(N)=O)C(=O)O. The largest absolute Gasteiger partial charge is 0.480 e. The fourth-order valence-corrected chi connectivity index (χ4v) is 2.05. The monoisotopic (exact) mass is 387 g/mol. The van der Waals surface area contributed by atoms with Gasteiger partial charge in [-0.25, -0.2) is 4.79 Å². The first-order chi connectivity index (χ1) is 12.5. The van der Waals surface area contributed by atoms with Crippen LogP contribution in [0.15, 0.2) is 0 Å². The molecule has 0 aromatic heterocycles. The molecule has 27 heavy (non-hydrogen) atoms. The number of aliphatic carboxylic acids is 1. The molecule has 0 aliphatic heterocycles. The standard InChI is InChI=1S/C16H29N5O6/c1-4-8(2)13(21-14(24)9(3)17)15(25)19-7-12(23)20-10(16(26)27)5-6-11(18)22/h8-10,13H,4-7,17H2,1-3H3,(H2,18,22)(H,19,25)(H,20,23)(H,21,24)(H,26,27). The smallest absolute Gasteiger partial charge is 0.326 e. The van der Waals surface area contributed by atoms with Gasteiger partial charge in [0.15, 0.2) is 0 Å². The Balaban J connectivity index is 4.76. The number of primary amides is 1. The highest BCUT2D eigenvalue weighted by Gasteiger charge is 2.27. The molecule has 11 heteroatoms. The molecule has 0 saturated heterocycles. The van der Waals surface area contributed by atoms with Crippen molar-refractivity contribution in [3.8, 4) is 0 Å². The van der Waals surface area contributed by atoms with Gasteiger partial charge in [-0.15, -0.1) is 0 Å². The maximum absolute atomic E-state index is 12.3. The van der Waals surface area contributed by atoms with Crippen LogP contribution in [0.25, 0.3) is 0 Å². The van der Waals surface area contributed by atoms with E-state index < -0.39 is 54.3 Å². The number of nitrogens with two attached hydrogens (primary N) is 2. The van der Waals surface area contributed by atoms with Crippen molar-refractivity contribution in [1.29, 1.82) is 0 Å². The summed E-state index contributed by atoms with van der Waals surface area (Å²) in [7, 11) is 0. The molecule has 4 unspecified atom stereocenters. The number of carboxylic acid groups (broad SMARTS) is 1. The Bertz CT molecular complexity index is 566.